The number of hydrogen-bond donors (Lipinski definition) is 0. The van der Waals surface area contributed by atoms with E-state index in [-0.39, 0.29) is 6.79 Å². The second-order valence-corrected chi connectivity index (χ2v) is 7.11. The molecule has 0 N–H and O–H groups in total. The normalized spacial score (nSPS) is 12.7. The largest absolute Gasteiger partial charge is 0.454 e. The van der Waals surface area contributed by atoms with Gasteiger partial charge in [0, 0.05) is 16.6 Å². The van der Waals surface area contributed by atoms with Gasteiger partial charge in [0.2, 0.25) is 18.5 Å². The minimum absolute atomic E-state index is 0.249. The summed E-state index contributed by atoms with van der Waals surface area (Å²) in [5.41, 5.74) is 2.15. The fraction of sp³-hybridized carbons (Fsp3) is 0.263. The van der Waals surface area contributed by atoms with Crippen molar-refractivity contribution in [3.8, 4) is 22.9 Å². The molecule has 0 amide bonds. The summed E-state index contributed by atoms with van der Waals surface area (Å²) in [5, 5.41) is 4.08. The Morgan fingerprint density at radius 2 is 1.88 bits per heavy atom. The second kappa shape index (κ2) is 7.47. The molecule has 0 fully saturated rings. The van der Waals surface area contributed by atoms with E-state index in [0.717, 1.165) is 28.8 Å². The Morgan fingerprint density at radius 1 is 1.08 bits per heavy atom. The first kappa shape index (κ1) is 17.1. The number of likely N-dealkylation sites (N-methyl/N-ethyl adjacent to an activating group) is 1. The van der Waals surface area contributed by atoms with E-state index in [9.17, 15) is 0 Å². The van der Waals surface area contributed by atoms with Gasteiger partial charge in [-0.05, 0) is 49.4 Å². The van der Waals surface area contributed by atoms with Gasteiger partial charge in [0.15, 0.2) is 11.5 Å². The summed E-state index contributed by atoms with van der Waals surface area (Å²) >= 11 is 3.45. The molecule has 1 aliphatic rings. The standard InChI is InChI=1S/C19H18BrN3O3/c1-23(9-8-13-2-5-15(20)6-3-13)11-18-21-19(22-26-18)14-4-7-16-17(10-14)25-12-24-16/h2-7,10H,8-9,11-12H2,1H3. The molecule has 26 heavy (non-hydrogen) atoms. The fourth-order valence-electron chi connectivity index (χ4n) is 2.75. The molecule has 0 bridgehead atoms. The Bertz CT molecular complexity index is 895. The highest BCUT2D eigenvalue weighted by Gasteiger charge is 2.17. The van der Waals surface area contributed by atoms with Gasteiger partial charge in [-0.15, -0.1) is 0 Å². The number of halogens is 1. The van der Waals surface area contributed by atoms with Crippen molar-refractivity contribution in [1.82, 2.24) is 15.0 Å². The van der Waals surface area contributed by atoms with Crippen LogP contribution in [-0.4, -0.2) is 35.4 Å². The summed E-state index contributed by atoms with van der Waals surface area (Å²) in [4.78, 5) is 6.66. The summed E-state index contributed by atoms with van der Waals surface area (Å²) in [6.07, 6.45) is 0.965. The Morgan fingerprint density at radius 3 is 2.73 bits per heavy atom. The number of rotatable bonds is 6. The van der Waals surface area contributed by atoms with Gasteiger partial charge in [-0.1, -0.05) is 33.2 Å². The molecule has 1 aromatic heterocycles. The highest BCUT2D eigenvalue weighted by molar-refractivity contribution is 9.10. The van der Waals surface area contributed by atoms with Crippen LogP contribution in [0, 0.1) is 0 Å². The lowest BCUT2D eigenvalue weighted by molar-refractivity contribution is 0.174. The lowest BCUT2D eigenvalue weighted by atomic mass is 10.1. The Hall–Kier alpha value is -2.38. The van der Waals surface area contributed by atoms with Crippen LogP contribution in [0.1, 0.15) is 11.5 Å². The van der Waals surface area contributed by atoms with E-state index < -0.39 is 0 Å². The van der Waals surface area contributed by atoms with Crippen molar-refractivity contribution >= 4 is 15.9 Å². The van der Waals surface area contributed by atoms with Crippen molar-refractivity contribution in [3.05, 3.63) is 58.4 Å². The van der Waals surface area contributed by atoms with E-state index in [1.54, 1.807) is 0 Å². The van der Waals surface area contributed by atoms with Gasteiger partial charge in [0.1, 0.15) is 0 Å². The summed E-state index contributed by atoms with van der Waals surface area (Å²) in [5.74, 6) is 2.60. The summed E-state index contributed by atoms with van der Waals surface area (Å²) in [6, 6.07) is 14.0. The lowest BCUT2D eigenvalue weighted by Gasteiger charge is -2.13. The van der Waals surface area contributed by atoms with Gasteiger partial charge < -0.3 is 14.0 Å². The second-order valence-electron chi connectivity index (χ2n) is 6.19. The third-order valence-corrected chi connectivity index (χ3v) is 4.73. The molecule has 0 saturated heterocycles. The predicted molar refractivity (Wildman–Crippen MR) is 100 cm³/mol. The van der Waals surface area contributed by atoms with E-state index in [1.165, 1.54) is 5.56 Å². The van der Waals surface area contributed by atoms with Gasteiger partial charge in [0.25, 0.3) is 0 Å². The van der Waals surface area contributed by atoms with Crippen molar-refractivity contribution in [3.63, 3.8) is 0 Å². The summed E-state index contributed by atoms with van der Waals surface area (Å²) in [6.45, 7) is 1.76. The maximum Gasteiger partial charge on any atom is 0.241 e. The Balaban J connectivity index is 1.36. The molecule has 2 heterocycles. The molecule has 0 atom stereocenters. The fourth-order valence-corrected chi connectivity index (χ4v) is 3.02. The maximum absolute atomic E-state index is 5.40. The van der Waals surface area contributed by atoms with Crippen molar-refractivity contribution in [2.45, 2.75) is 13.0 Å². The van der Waals surface area contributed by atoms with E-state index in [0.29, 0.717) is 24.0 Å². The third kappa shape index (κ3) is 3.89. The topological polar surface area (TPSA) is 60.6 Å². The molecule has 0 radical (unpaired) electrons. The quantitative estimate of drug-likeness (QED) is 0.608. The van der Waals surface area contributed by atoms with Gasteiger partial charge in [-0.25, -0.2) is 0 Å². The molecule has 2 aromatic carbocycles. The molecule has 0 saturated carbocycles. The first-order valence-electron chi connectivity index (χ1n) is 8.33. The molecule has 6 nitrogen and oxygen atoms in total. The molecule has 0 aliphatic carbocycles. The molecule has 134 valence electrons. The Kier molecular flexibility index (Phi) is 4.90. The molecular weight excluding hydrogens is 398 g/mol. The van der Waals surface area contributed by atoms with E-state index >= 15 is 0 Å². The van der Waals surface area contributed by atoms with Crippen LogP contribution in [-0.2, 0) is 13.0 Å². The average molecular weight is 416 g/mol. The molecule has 3 aromatic rings. The number of fused-ring (bicyclic) bond motifs is 1. The summed E-state index contributed by atoms with van der Waals surface area (Å²) in [7, 11) is 2.04. The molecular formula is C19H18BrN3O3. The van der Waals surface area contributed by atoms with Crippen LogP contribution in [0.15, 0.2) is 51.5 Å². The van der Waals surface area contributed by atoms with Crippen molar-refractivity contribution in [1.29, 1.82) is 0 Å². The average Bonchev–Trinajstić information content (AvgIpc) is 3.29. The highest BCUT2D eigenvalue weighted by Crippen LogP contribution is 2.35. The van der Waals surface area contributed by atoms with Crippen molar-refractivity contribution in [2.75, 3.05) is 20.4 Å². The zero-order valence-electron chi connectivity index (χ0n) is 14.3. The van der Waals surface area contributed by atoms with Gasteiger partial charge in [-0.2, -0.15) is 4.98 Å². The summed E-state index contributed by atoms with van der Waals surface area (Å²) < 4.78 is 17.2. The smallest absolute Gasteiger partial charge is 0.241 e. The van der Waals surface area contributed by atoms with Gasteiger partial charge >= 0.3 is 0 Å². The van der Waals surface area contributed by atoms with Gasteiger partial charge in [0.05, 0.1) is 6.54 Å². The minimum atomic E-state index is 0.249. The lowest BCUT2D eigenvalue weighted by Crippen LogP contribution is -2.20. The predicted octanol–water partition coefficient (Wildman–Crippen LogP) is 3.90. The zero-order chi connectivity index (χ0) is 17.9. The minimum Gasteiger partial charge on any atom is -0.454 e. The van der Waals surface area contributed by atoms with Crippen LogP contribution in [0.5, 0.6) is 11.5 Å². The number of benzene rings is 2. The first-order valence-corrected chi connectivity index (χ1v) is 9.12. The zero-order valence-corrected chi connectivity index (χ0v) is 15.9. The molecule has 0 unspecified atom stereocenters. The van der Waals surface area contributed by atoms with Gasteiger partial charge in [-0.3, -0.25) is 4.90 Å². The molecule has 1 aliphatic heterocycles. The molecule has 0 spiro atoms. The van der Waals surface area contributed by atoms with Crippen LogP contribution in [0.2, 0.25) is 0 Å². The SMILES string of the molecule is CN(CCc1ccc(Br)cc1)Cc1nc(-c2ccc3c(c2)OCO3)no1. The highest BCUT2D eigenvalue weighted by atomic mass is 79.9. The van der Waals surface area contributed by atoms with Crippen LogP contribution in [0.25, 0.3) is 11.4 Å². The number of ether oxygens (including phenoxy) is 2. The third-order valence-electron chi connectivity index (χ3n) is 4.20. The van der Waals surface area contributed by atoms with Crippen molar-refractivity contribution < 1.29 is 14.0 Å². The van der Waals surface area contributed by atoms with E-state index in [4.69, 9.17) is 14.0 Å². The number of aromatic nitrogens is 2. The van der Waals surface area contributed by atoms with Crippen LogP contribution < -0.4 is 9.47 Å². The van der Waals surface area contributed by atoms with Crippen LogP contribution in [0.4, 0.5) is 0 Å². The maximum atomic E-state index is 5.40. The monoisotopic (exact) mass is 415 g/mol. The van der Waals surface area contributed by atoms with Crippen LogP contribution >= 0.6 is 15.9 Å². The van der Waals surface area contributed by atoms with E-state index in [1.807, 2.05) is 25.2 Å². The van der Waals surface area contributed by atoms with Crippen molar-refractivity contribution in [2.24, 2.45) is 0 Å². The van der Waals surface area contributed by atoms with E-state index in [2.05, 4.69) is 55.2 Å². The first-order chi connectivity index (χ1) is 12.7. The molecule has 4 rings (SSSR count). The van der Waals surface area contributed by atoms with Crippen LogP contribution in [0.3, 0.4) is 0 Å². The molecule has 7 heteroatoms. The number of hydrogen-bond acceptors (Lipinski definition) is 6. The Labute approximate surface area is 159 Å². The number of nitrogens with zero attached hydrogens (tertiary/aromatic N) is 3.